The Morgan fingerprint density at radius 2 is 1.67 bits per heavy atom. The van der Waals surface area contributed by atoms with Crippen molar-refractivity contribution in [1.29, 1.82) is 0 Å². The summed E-state index contributed by atoms with van der Waals surface area (Å²) in [6, 6.07) is 13.6. The Bertz CT molecular complexity index is 1370. The third-order valence-electron chi connectivity index (χ3n) is 10.5. The predicted octanol–water partition coefficient (Wildman–Crippen LogP) is 6.56. The van der Waals surface area contributed by atoms with Gasteiger partial charge in [0.2, 0.25) is 0 Å². The lowest BCUT2D eigenvalue weighted by Crippen LogP contribution is -2.58. The first-order chi connectivity index (χ1) is 20.4. The second kappa shape index (κ2) is 12.6. The minimum Gasteiger partial charge on any atom is -0.493 e. The highest BCUT2D eigenvalue weighted by molar-refractivity contribution is 5.84. The molecule has 0 saturated carbocycles. The lowest BCUT2D eigenvalue weighted by molar-refractivity contribution is -0.0440. The van der Waals surface area contributed by atoms with E-state index in [0.29, 0.717) is 30.1 Å². The number of likely N-dealkylation sites (tertiary alicyclic amines) is 2. The molecule has 0 bridgehead atoms. The zero-order chi connectivity index (χ0) is 29.4. The van der Waals surface area contributed by atoms with Gasteiger partial charge in [0.15, 0.2) is 11.5 Å². The summed E-state index contributed by atoms with van der Waals surface area (Å²) in [5.41, 5.74) is 6.04. The average Bonchev–Trinajstić information content (AvgIpc) is 3.37. The number of fused-ring (bicyclic) bond motifs is 1. The van der Waals surface area contributed by atoms with E-state index in [2.05, 4.69) is 60.4 Å². The van der Waals surface area contributed by atoms with E-state index >= 15 is 0 Å². The average molecular weight is 575 g/mol. The minimum atomic E-state index is 0.602. The number of hydrogen-bond donors (Lipinski definition) is 0. The molecule has 2 aromatic carbocycles. The normalized spacial score (nSPS) is 25.2. The number of imidazole rings is 1. The fourth-order valence-electron chi connectivity index (χ4n) is 8.28. The van der Waals surface area contributed by atoms with E-state index in [4.69, 9.17) is 19.2 Å². The molecule has 0 spiro atoms. The molecule has 3 saturated heterocycles. The van der Waals surface area contributed by atoms with Crippen LogP contribution in [0.2, 0.25) is 0 Å². The number of hydrogen-bond acceptors (Lipinski definition) is 6. The molecule has 42 heavy (non-hydrogen) atoms. The van der Waals surface area contributed by atoms with Crippen LogP contribution in [0.15, 0.2) is 30.3 Å². The molecule has 228 valence electrons. The van der Waals surface area contributed by atoms with E-state index in [1.54, 1.807) is 14.2 Å². The molecule has 3 atom stereocenters. The van der Waals surface area contributed by atoms with Crippen LogP contribution >= 0.6 is 0 Å². The van der Waals surface area contributed by atoms with Gasteiger partial charge in [-0.1, -0.05) is 13.0 Å². The number of piperidine rings is 2. The zero-order valence-electron chi connectivity index (χ0n) is 26.6. The minimum absolute atomic E-state index is 0.602. The van der Waals surface area contributed by atoms with Gasteiger partial charge < -0.3 is 23.7 Å². The predicted molar refractivity (Wildman–Crippen MR) is 170 cm³/mol. The van der Waals surface area contributed by atoms with Crippen molar-refractivity contribution in [3.05, 3.63) is 41.5 Å². The van der Waals surface area contributed by atoms with Crippen LogP contribution in [0.5, 0.6) is 11.5 Å². The fraction of sp³-hybridized carbons (Fsp3) is 0.629. The smallest absolute Gasteiger partial charge is 0.161 e. The molecule has 6 rings (SSSR count). The van der Waals surface area contributed by atoms with Crippen LogP contribution in [-0.4, -0.2) is 84.0 Å². The van der Waals surface area contributed by atoms with Gasteiger partial charge in [0.25, 0.3) is 0 Å². The molecule has 3 aliphatic rings. The Morgan fingerprint density at radius 1 is 0.929 bits per heavy atom. The van der Waals surface area contributed by atoms with Gasteiger partial charge in [-0.2, -0.15) is 0 Å². The van der Waals surface area contributed by atoms with Gasteiger partial charge in [0.05, 0.1) is 25.3 Å². The van der Waals surface area contributed by atoms with Gasteiger partial charge in [-0.25, -0.2) is 4.98 Å². The molecule has 0 aliphatic carbocycles. The first kappa shape index (κ1) is 29.5. The number of ether oxygens (including phenoxy) is 3. The van der Waals surface area contributed by atoms with Gasteiger partial charge in [0.1, 0.15) is 5.82 Å². The number of rotatable bonds is 7. The topological polar surface area (TPSA) is 52.0 Å². The molecule has 7 heteroatoms. The SMILES string of the molecule is CCC1CC(N2CCC(c3cc(C)c4nc(-c5ccc(OC)c(OC)c5)n(C)c4c3)CC2)CC(C)N1C1CCOCC1. The molecule has 3 aliphatic heterocycles. The zero-order valence-corrected chi connectivity index (χ0v) is 26.6. The highest BCUT2D eigenvalue weighted by Crippen LogP contribution is 2.38. The maximum absolute atomic E-state index is 5.68. The van der Waals surface area contributed by atoms with Crippen LogP contribution in [0.3, 0.4) is 0 Å². The second-order valence-electron chi connectivity index (χ2n) is 12.9. The summed E-state index contributed by atoms with van der Waals surface area (Å²) in [5, 5.41) is 0. The Kier molecular flexibility index (Phi) is 8.80. The summed E-state index contributed by atoms with van der Waals surface area (Å²) < 4.78 is 18.9. The highest BCUT2D eigenvalue weighted by Gasteiger charge is 2.39. The van der Waals surface area contributed by atoms with Gasteiger partial charge >= 0.3 is 0 Å². The Labute approximate surface area is 252 Å². The molecule has 1 aromatic heterocycles. The summed E-state index contributed by atoms with van der Waals surface area (Å²) in [5.74, 6) is 3.01. The fourth-order valence-corrected chi connectivity index (χ4v) is 8.28. The third kappa shape index (κ3) is 5.56. The maximum Gasteiger partial charge on any atom is 0.161 e. The molecular weight excluding hydrogens is 524 g/mol. The van der Waals surface area contributed by atoms with Crippen LogP contribution < -0.4 is 9.47 Å². The van der Waals surface area contributed by atoms with Crippen molar-refractivity contribution in [1.82, 2.24) is 19.4 Å². The Morgan fingerprint density at radius 3 is 2.36 bits per heavy atom. The van der Waals surface area contributed by atoms with E-state index < -0.39 is 0 Å². The quantitative estimate of drug-likeness (QED) is 0.319. The number of nitrogens with zero attached hydrogens (tertiary/aromatic N) is 4. The molecule has 3 unspecified atom stereocenters. The van der Waals surface area contributed by atoms with Gasteiger partial charge in [0, 0.05) is 50.0 Å². The van der Waals surface area contributed by atoms with Crippen molar-refractivity contribution < 1.29 is 14.2 Å². The standard InChI is InChI=1S/C35H50N4O3/c1-7-28-22-30(19-24(3)39(28)29-12-16-42-17-13-29)38-14-10-25(11-15-38)27-18-23(2)34-31(20-27)37(4)35(36-34)26-8-9-32(40-5)33(21-26)41-6/h8-9,18,20-21,24-25,28-30H,7,10-17,19,22H2,1-6H3. The molecule has 3 aromatic rings. The lowest BCUT2D eigenvalue weighted by Gasteiger charge is -2.51. The Balaban J connectivity index is 1.15. The van der Waals surface area contributed by atoms with Gasteiger partial charge in [-0.3, -0.25) is 4.90 Å². The number of benzene rings is 2. The van der Waals surface area contributed by atoms with Crippen LogP contribution in [-0.2, 0) is 11.8 Å². The van der Waals surface area contributed by atoms with Crippen molar-refractivity contribution in [2.24, 2.45) is 7.05 Å². The largest absolute Gasteiger partial charge is 0.493 e. The van der Waals surface area contributed by atoms with E-state index in [-0.39, 0.29) is 0 Å². The number of methoxy groups -OCH3 is 2. The van der Waals surface area contributed by atoms with E-state index in [1.165, 1.54) is 74.7 Å². The first-order valence-corrected chi connectivity index (χ1v) is 16.2. The molecule has 7 nitrogen and oxygen atoms in total. The summed E-state index contributed by atoms with van der Waals surface area (Å²) >= 11 is 0. The van der Waals surface area contributed by atoms with Crippen LogP contribution in [0.1, 0.15) is 75.8 Å². The van der Waals surface area contributed by atoms with Crippen molar-refractivity contribution in [3.8, 4) is 22.9 Å². The van der Waals surface area contributed by atoms with Crippen LogP contribution in [0.4, 0.5) is 0 Å². The van der Waals surface area contributed by atoms with Crippen molar-refractivity contribution >= 4 is 11.0 Å². The van der Waals surface area contributed by atoms with Crippen molar-refractivity contribution in [2.75, 3.05) is 40.5 Å². The Hall–Kier alpha value is -2.61. The van der Waals surface area contributed by atoms with Crippen molar-refractivity contribution in [3.63, 3.8) is 0 Å². The van der Waals surface area contributed by atoms with Crippen LogP contribution in [0.25, 0.3) is 22.4 Å². The summed E-state index contributed by atoms with van der Waals surface area (Å²) in [7, 11) is 5.48. The van der Waals surface area contributed by atoms with Crippen LogP contribution in [0, 0.1) is 6.92 Å². The maximum atomic E-state index is 5.68. The summed E-state index contributed by atoms with van der Waals surface area (Å²) in [6.45, 7) is 11.4. The highest BCUT2D eigenvalue weighted by atomic mass is 16.5. The van der Waals surface area contributed by atoms with E-state index in [0.717, 1.165) is 41.6 Å². The van der Waals surface area contributed by atoms with E-state index in [1.807, 2.05) is 12.1 Å². The third-order valence-corrected chi connectivity index (χ3v) is 10.5. The molecular formula is C35H50N4O3. The number of aryl methyl sites for hydroxylation is 2. The monoisotopic (exact) mass is 574 g/mol. The summed E-state index contributed by atoms with van der Waals surface area (Å²) in [6.07, 6.45) is 8.75. The molecule has 4 heterocycles. The first-order valence-electron chi connectivity index (χ1n) is 16.2. The molecule has 0 N–H and O–H groups in total. The molecule has 0 radical (unpaired) electrons. The van der Waals surface area contributed by atoms with Gasteiger partial charge in [-0.05, 0) is 113 Å². The van der Waals surface area contributed by atoms with Crippen molar-refractivity contribution in [2.45, 2.75) is 95.8 Å². The second-order valence-corrected chi connectivity index (χ2v) is 12.9. The lowest BCUT2D eigenvalue weighted by atomic mass is 9.83. The van der Waals surface area contributed by atoms with Gasteiger partial charge in [-0.15, -0.1) is 0 Å². The number of aromatic nitrogens is 2. The van der Waals surface area contributed by atoms with E-state index in [9.17, 15) is 0 Å². The molecule has 3 fully saturated rings. The molecule has 0 amide bonds. The summed E-state index contributed by atoms with van der Waals surface area (Å²) in [4.78, 5) is 10.8.